The van der Waals surface area contributed by atoms with Gasteiger partial charge in [-0.15, -0.1) is 11.6 Å². The van der Waals surface area contributed by atoms with Gasteiger partial charge in [-0.1, -0.05) is 6.42 Å². The monoisotopic (exact) mass is 315 g/mol. The molecule has 2 atom stereocenters. The fraction of sp³-hybridized carbons (Fsp3) is 0.923. The van der Waals surface area contributed by atoms with Crippen LogP contribution in [0.25, 0.3) is 0 Å². The summed E-state index contributed by atoms with van der Waals surface area (Å²) in [5.41, 5.74) is 0. The van der Waals surface area contributed by atoms with Gasteiger partial charge in [-0.25, -0.2) is 0 Å². The average molecular weight is 316 g/mol. The quantitative estimate of drug-likeness (QED) is 0.579. The van der Waals surface area contributed by atoms with Crippen molar-refractivity contribution in [3.63, 3.8) is 0 Å². The van der Waals surface area contributed by atoms with E-state index in [2.05, 4.69) is 5.32 Å². The molecule has 0 spiro atoms. The average Bonchev–Trinajstić information content (AvgIpc) is 2.41. The van der Waals surface area contributed by atoms with E-state index in [0.717, 1.165) is 0 Å². The molecule has 0 aromatic heterocycles. The van der Waals surface area contributed by atoms with Crippen molar-refractivity contribution in [1.82, 2.24) is 5.32 Å². The number of carbonyl (C=O) groups excluding carboxylic acids is 1. The van der Waals surface area contributed by atoms with Gasteiger partial charge in [0.1, 0.15) is 0 Å². The number of nitrogens with one attached hydrogen (secondary N) is 1. The fourth-order valence-electron chi connectivity index (χ4n) is 2.41. The molecule has 0 aliphatic heterocycles. The van der Waals surface area contributed by atoms with Gasteiger partial charge in [0.15, 0.2) is 0 Å². The van der Waals surface area contributed by atoms with Gasteiger partial charge in [-0.2, -0.15) is 13.2 Å². The lowest BCUT2D eigenvalue weighted by Crippen LogP contribution is -2.37. The third-order valence-electron chi connectivity index (χ3n) is 3.49. The molecule has 1 rings (SSSR count). The van der Waals surface area contributed by atoms with Gasteiger partial charge in [0, 0.05) is 24.9 Å². The Morgan fingerprint density at radius 3 is 2.70 bits per heavy atom. The van der Waals surface area contributed by atoms with E-state index in [-0.39, 0.29) is 18.7 Å². The molecule has 118 valence electrons. The zero-order chi connectivity index (χ0) is 15.0. The van der Waals surface area contributed by atoms with Crippen molar-refractivity contribution < 1.29 is 22.7 Å². The largest absolute Gasteiger partial charge is 0.391 e. The number of alkyl halides is 4. The van der Waals surface area contributed by atoms with Crippen LogP contribution in [0.1, 0.15) is 32.1 Å². The van der Waals surface area contributed by atoms with Crippen LogP contribution >= 0.6 is 11.6 Å². The predicted molar refractivity (Wildman–Crippen MR) is 70.7 cm³/mol. The first kappa shape index (κ1) is 17.6. The number of halogens is 4. The minimum Gasteiger partial charge on any atom is -0.380 e. The molecule has 0 aromatic carbocycles. The van der Waals surface area contributed by atoms with Crippen molar-refractivity contribution in [2.75, 3.05) is 25.6 Å². The van der Waals surface area contributed by atoms with Crippen LogP contribution < -0.4 is 5.32 Å². The standard InChI is InChI=1S/C13H21ClF3NO2/c14-5-8-20-7-2-6-18-12(19)10-3-1-4-11(9-10)13(15,16)17/h10-11H,1-9H2,(H,18,19). The molecule has 2 unspecified atom stereocenters. The third kappa shape index (κ3) is 6.31. The lowest BCUT2D eigenvalue weighted by atomic mass is 9.80. The first-order valence-corrected chi connectivity index (χ1v) is 7.46. The summed E-state index contributed by atoms with van der Waals surface area (Å²) in [5, 5.41) is 2.68. The summed E-state index contributed by atoms with van der Waals surface area (Å²) in [6, 6.07) is 0. The van der Waals surface area contributed by atoms with Crippen LogP contribution in [0.3, 0.4) is 0 Å². The summed E-state index contributed by atoms with van der Waals surface area (Å²) in [6.45, 7) is 1.38. The molecule has 0 aromatic rings. The number of rotatable bonds is 7. The van der Waals surface area contributed by atoms with Crippen molar-refractivity contribution in [2.24, 2.45) is 11.8 Å². The van der Waals surface area contributed by atoms with Crippen molar-refractivity contribution in [2.45, 2.75) is 38.3 Å². The van der Waals surface area contributed by atoms with Crippen molar-refractivity contribution in [1.29, 1.82) is 0 Å². The molecular formula is C13H21ClF3NO2. The minimum absolute atomic E-state index is 0.0852. The molecular weight excluding hydrogens is 295 g/mol. The van der Waals surface area contributed by atoms with E-state index >= 15 is 0 Å². The summed E-state index contributed by atoms with van der Waals surface area (Å²) in [4.78, 5) is 11.8. The van der Waals surface area contributed by atoms with E-state index in [0.29, 0.717) is 44.9 Å². The molecule has 1 saturated carbocycles. The number of hydrogen-bond acceptors (Lipinski definition) is 2. The fourth-order valence-corrected chi connectivity index (χ4v) is 2.52. The molecule has 1 N–H and O–H groups in total. The Labute approximate surface area is 122 Å². The van der Waals surface area contributed by atoms with Crippen molar-refractivity contribution >= 4 is 17.5 Å². The Balaban J connectivity index is 2.22. The van der Waals surface area contributed by atoms with Gasteiger partial charge >= 0.3 is 6.18 Å². The lowest BCUT2D eigenvalue weighted by molar-refractivity contribution is -0.186. The topological polar surface area (TPSA) is 38.3 Å². The molecule has 1 amide bonds. The highest BCUT2D eigenvalue weighted by Gasteiger charge is 2.43. The Bertz CT molecular complexity index is 300. The van der Waals surface area contributed by atoms with Crippen LogP contribution in [0.15, 0.2) is 0 Å². The number of hydrogen-bond donors (Lipinski definition) is 1. The smallest absolute Gasteiger partial charge is 0.380 e. The van der Waals surface area contributed by atoms with E-state index in [1.807, 2.05) is 0 Å². The van der Waals surface area contributed by atoms with Crippen LogP contribution in [0.2, 0.25) is 0 Å². The summed E-state index contributed by atoms with van der Waals surface area (Å²) in [7, 11) is 0. The Morgan fingerprint density at radius 1 is 1.30 bits per heavy atom. The van der Waals surface area contributed by atoms with Crippen LogP contribution in [0.5, 0.6) is 0 Å². The Kier molecular flexibility index (Phi) is 7.66. The maximum atomic E-state index is 12.6. The molecule has 0 heterocycles. The normalized spacial score (nSPS) is 23.6. The van der Waals surface area contributed by atoms with Gasteiger partial charge in [0.25, 0.3) is 0 Å². The van der Waals surface area contributed by atoms with E-state index in [1.165, 1.54) is 0 Å². The molecule has 0 saturated heterocycles. The van der Waals surface area contributed by atoms with E-state index in [1.54, 1.807) is 0 Å². The second-order valence-corrected chi connectivity index (χ2v) is 5.43. The minimum atomic E-state index is -4.19. The van der Waals surface area contributed by atoms with Gasteiger partial charge in [-0.05, 0) is 25.7 Å². The zero-order valence-electron chi connectivity index (χ0n) is 11.3. The molecule has 20 heavy (non-hydrogen) atoms. The van der Waals surface area contributed by atoms with Gasteiger partial charge in [0.05, 0.1) is 12.5 Å². The van der Waals surface area contributed by atoms with Crippen LogP contribution in [0.4, 0.5) is 13.2 Å². The van der Waals surface area contributed by atoms with Crippen LogP contribution in [-0.2, 0) is 9.53 Å². The number of ether oxygens (including phenoxy) is 1. The van der Waals surface area contributed by atoms with Gasteiger partial charge in [-0.3, -0.25) is 4.79 Å². The first-order chi connectivity index (χ1) is 9.45. The van der Waals surface area contributed by atoms with Gasteiger partial charge in [0.2, 0.25) is 5.91 Å². The first-order valence-electron chi connectivity index (χ1n) is 6.93. The molecule has 1 fully saturated rings. The number of amides is 1. The molecule has 0 bridgehead atoms. The molecule has 3 nitrogen and oxygen atoms in total. The maximum Gasteiger partial charge on any atom is 0.391 e. The summed E-state index contributed by atoms with van der Waals surface area (Å²) in [6.07, 6.45) is -2.49. The van der Waals surface area contributed by atoms with Crippen molar-refractivity contribution in [3.8, 4) is 0 Å². The van der Waals surface area contributed by atoms with Gasteiger partial charge < -0.3 is 10.1 Å². The number of carbonyl (C=O) groups is 1. The highest BCUT2D eigenvalue weighted by molar-refractivity contribution is 6.17. The molecule has 0 radical (unpaired) electrons. The van der Waals surface area contributed by atoms with E-state index < -0.39 is 18.0 Å². The van der Waals surface area contributed by atoms with Crippen LogP contribution in [0, 0.1) is 11.8 Å². The van der Waals surface area contributed by atoms with Crippen LogP contribution in [-0.4, -0.2) is 37.7 Å². The van der Waals surface area contributed by atoms with E-state index in [4.69, 9.17) is 16.3 Å². The lowest BCUT2D eigenvalue weighted by Gasteiger charge is -2.29. The molecule has 7 heteroatoms. The maximum absolute atomic E-state index is 12.6. The SMILES string of the molecule is O=C(NCCCOCCCl)C1CCCC(C(F)(F)F)C1. The highest BCUT2D eigenvalue weighted by atomic mass is 35.5. The predicted octanol–water partition coefficient (Wildman–Crippen LogP) is 3.12. The second-order valence-electron chi connectivity index (χ2n) is 5.05. The molecule has 1 aliphatic rings. The highest BCUT2D eigenvalue weighted by Crippen LogP contribution is 2.39. The second kappa shape index (κ2) is 8.72. The van der Waals surface area contributed by atoms with E-state index in [9.17, 15) is 18.0 Å². The summed E-state index contributed by atoms with van der Waals surface area (Å²) >= 11 is 5.43. The summed E-state index contributed by atoms with van der Waals surface area (Å²) < 4.78 is 43.1. The Hall–Kier alpha value is -0.490. The Morgan fingerprint density at radius 2 is 2.05 bits per heavy atom. The third-order valence-corrected chi connectivity index (χ3v) is 3.65. The summed E-state index contributed by atoms with van der Waals surface area (Å²) in [5.74, 6) is -1.69. The molecule has 1 aliphatic carbocycles. The van der Waals surface area contributed by atoms with Crippen molar-refractivity contribution in [3.05, 3.63) is 0 Å². The zero-order valence-corrected chi connectivity index (χ0v) is 12.1.